The molecule has 0 aliphatic heterocycles. The maximum absolute atomic E-state index is 11.8. The van der Waals surface area contributed by atoms with Gasteiger partial charge in [-0.25, -0.2) is 9.59 Å². The molecule has 0 aliphatic rings. The first kappa shape index (κ1) is 19.7. The van der Waals surface area contributed by atoms with E-state index in [1.54, 1.807) is 18.2 Å². The molecule has 0 bridgehead atoms. The number of halogens is 1. The molecular weight excluding hydrogens is 376 g/mol. The number of esters is 2. The normalized spacial score (nSPS) is 9.38. The fraction of sp³-hybridized carbons (Fsp3) is 0.222. The van der Waals surface area contributed by atoms with E-state index in [9.17, 15) is 9.59 Å². The second-order valence-electron chi connectivity index (χ2n) is 4.23. The first-order chi connectivity index (χ1) is 11.6. The van der Waals surface area contributed by atoms with Crippen LogP contribution < -0.4 is 4.74 Å². The van der Waals surface area contributed by atoms with Gasteiger partial charge in [-0.1, -0.05) is 26.0 Å². The molecule has 0 radical (unpaired) electrons. The summed E-state index contributed by atoms with van der Waals surface area (Å²) < 4.78 is 15.9. The third-order valence-electron chi connectivity index (χ3n) is 2.86. The topological polar surface area (TPSA) is 61.8 Å². The number of hydrogen-bond acceptors (Lipinski definition) is 5. The third kappa shape index (κ3) is 4.83. The van der Waals surface area contributed by atoms with Crippen LogP contribution in [0, 0.1) is 0 Å². The van der Waals surface area contributed by atoms with E-state index in [1.807, 2.05) is 19.9 Å². The van der Waals surface area contributed by atoms with E-state index in [1.165, 1.54) is 32.4 Å². The first-order valence-corrected chi connectivity index (χ1v) is 8.09. The summed E-state index contributed by atoms with van der Waals surface area (Å²) >= 11 is 3.36. The van der Waals surface area contributed by atoms with Crippen molar-refractivity contribution in [2.24, 2.45) is 0 Å². The summed E-state index contributed by atoms with van der Waals surface area (Å²) in [4.78, 5) is 23.5. The van der Waals surface area contributed by atoms with Crippen LogP contribution in [0.1, 0.15) is 34.6 Å². The lowest BCUT2D eigenvalue weighted by Gasteiger charge is -2.12. The van der Waals surface area contributed by atoms with Gasteiger partial charge in [0, 0.05) is 0 Å². The molecule has 0 aromatic heterocycles. The molecule has 2 aromatic carbocycles. The van der Waals surface area contributed by atoms with Crippen LogP contribution in [-0.4, -0.2) is 26.2 Å². The van der Waals surface area contributed by atoms with E-state index in [2.05, 4.69) is 20.7 Å². The van der Waals surface area contributed by atoms with Gasteiger partial charge >= 0.3 is 11.9 Å². The van der Waals surface area contributed by atoms with Crippen LogP contribution in [0.25, 0.3) is 0 Å². The van der Waals surface area contributed by atoms with Gasteiger partial charge in [-0.15, -0.1) is 0 Å². The fourth-order valence-electron chi connectivity index (χ4n) is 1.78. The Morgan fingerprint density at radius 3 is 2.08 bits per heavy atom. The van der Waals surface area contributed by atoms with E-state index in [0.29, 0.717) is 10.2 Å². The monoisotopic (exact) mass is 394 g/mol. The Kier molecular flexibility index (Phi) is 7.98. The SMILES string of the molecule is CC.COC(=O)c1ccc(C(=O)OC)c(Oc2ccccc2Br)c1. The van der Waals surface area contributed by atoms with Crippen LogP contribution in [0.2, 0.25) is 0 Å². The molecule has 0 saturated heterocycles. The van der Waals surface area contributed by atoms with Crippen molar-refractivity contribution in [2.75, 3.05) is 14.2 Å². The largest absolute Gasteiger partial charge is 0.465 e. The zero-order valence-electron chi connectivity index (χ0n) is 14.0. The second-order valence-corrected chi connectivity index (χ2v) is 5.08. The molecule has 5 nitrogen and oxygen atoms in total. The molecule has 2 rings (SSSR count). The second kappa shape index (κ2) is 9.72. The lowest BCUT2D eigenvalue weighted by Crippen LogP contribution is -2.07. The van der Waals surface area contributed by atoms with E-state index < -0.39 is 11.9 Å². The minimum atomic E-state index is -0.557. The summed E-state index contributed by atoms with van der Waals surface area (Å²) in [6.45, 7) is 4.00. The highest BCUT2D eigenvalue weighted by atomic mass is 79.9. The molecular formula is C18H19BrO5. The number of methoxy groups -OCH3 is 2. The minimum absolute atomic E-state index is 0.210. The van der Waals surface area contributed by atoms with Crippen LogP contribution in [0.15, 0.2) is 46.9 Å². The summed E-state index contributed by atoms with van der Waals surface area (Å²) in [6.07, 6.45) is 0. The maximum atomic E-state index is 11.8. The predicted molar refractivity (Wildman–Crippen MR) is 94.7 cm³/mol. The van der Waals surface area contributed by atoms with Gasteiger partial charge in [-0.05, 0) is 46.3 Å². The van der Waals surface area contributed by atoms with Crippen molar-refractivity contribution in [3.05, 3.63) is 58.1 Å². The van der Waals surface area contributed by atoms with Gasteiger partial charge in [0.15, 0.2) is 0 Å². The number of hydrogen-bond donors (Lipinski definition) is 0. The lowest BCUT2D eigenvalue weighted by molar-refractivity contribution is 0.0584. The lowest BCUT2D eigenvalue weighted by atomic mass is 10.1. The highest BCUT2D eigenvalue weighted by Gasteiger charge is 2.18. The third-order valence-corrected chi connectivity index (χ3v) is 3.52. The number of benzene rings is 2. The zero-order chi connectivity index (χ0) is 18.1. The number of carbonyl (C=O) groups excluding carboxylic acids is 2. The van der Waals surface area contributed by atoms with Crippen molar-refractivity contribution >= 4 is 27.9 Å². The van der Waals surface area contributed by atoms with Crippen LogP contribution in [-0.2, 0) is 9.47 Å². The van der Waals surface area contributed by atoms with Gasteiger partial charge < -0.3 is 14.2 Å². The number of rotatable bonds is 4. The molecule has 0 N–H and O–H groups in total. The van der Waals surface area contributed by atoms with E-state index in [-0.39, 0.29) is 16.9 Å². The smallest absolute Gasteiger partial charge is 0.341 e. The van der Waals surface area contributed by atoms with Crippen LogP contribution in [0.5, 0.6) is 11.5 Å². The molecule has 6 heteroatoms. The molecule has 0 atom stereocenters. The molecule has 0 saturated carbocycles. The predicted octanol–water partition coefficient (Wildman–Crippen LogP) is 4.84. The molecule has 0 spiro atoms. The summed E-state index contributed by atoms with van der Waals surface area (Å²) in [7, 11) is 2.56. The molecule has 0 unspecified atom stereocenters. The zero-order valence-corrected chi connectivity index (χ0v) is 15.5. The van der Waals surface area contributed by atoms with Gasteiger partial charge in [0.2, 0.25) is 0 Å². The van der Waals surface area contributed by atoms with Crippen molar-refractivity contribution in [1.82, 2.24) is 0 Å². The Bertz CT molecular complexity index is 712. The van der Waals surface area contributed by atoms with E-state index in [0.717, 1.165) is 0 Å². The molecule has 2 aromatic rings. The Labute approximate surface area is 149 Å². The quantitative estimate of drug-likeness (QED) is 0.694. The summed E-state index contributed by atoms with van der Waals surface area (Å²) in [5, 5.41) is 0. The van der Waals surface area contributed by atoms with Gasteiger partial charge in [-0.2, -0.15) is 0 Å². The summed E-state index contributed by atoms with van der Waals surface area (Å²) in [5.74, 6) is -0.358. The molecule has 0 aliphatic carbocycles. The average molecular weight is 395 g/mol. The van der Waals surface area contributed by atoms with Crippen LogP contribution in [0.3, 0.4) is 0 Å². The Morgan fingerprint density at radius 2 is 1.50 bits per heavy atom. The molecule has 0 fully saturated rings. The van der Waals surface area contributed by atoms with Gasteiger partial charge in [0.1, 0.15) is 17.1 Å². The van der Waals surface area contributed by atoms with E-state index >= 15 is 0 Å². The van der Waals surface area contributed by atoms with Gasteiger partial charge in [0.25, 0.3) is 0 Å². The van der Waals surface area contributed by atoms with Crippen molar-refractivity contribution in [3.8, 4) is 11.5 Å². The van der Waals surface area contributed by atoms with Crippen LogP contribution in [0.4, 0.5) is 0 Å². The highest BCUT2D eigenvalue weighted by Crippen LogP contribution is 2.32. The molecule has 0 amide bonds. The van der Waals surface area contributed by atoms with Crippen LogP contribution >= 0.6 is 15.9 Å². The van der Waals surface area contributed by atoms with Crippen molar-refractivity contribution < 1.29 is 23.8 Å². The Morgan fingerprint density at radius 1 is 0.875 bits per heavy atom. The summed E-state index contributed by atoms with van der Waals surface area (Å²) in [6, 6.07) is 11.5. The molecule has 24 heavy (non-hydrogen) atoms. The summed E-state index contributed by atoms with van der Waals surface area (Å²) in [5.41, 5.74) is 0.489. The van der Waals surface area contributed by atoms with Crippen molar-refractivity contribution in [2.45, 2.75) is 13.8 Å². The van der Waals surface area contributed by atoms with Gasteiger partial charge in [-0.3, -0.25) is 0 Å². The van der Waals surface area contributed by atoms with E-state index in [4.69, 9.17) is 9.47 Å². The number of carbonyl (C=O) groups is 2. The standard InChI is InChI=1S/C16H13BrO5.C2H6/c1-20-15(18)10-7-8-11(16(19)21-2)14(9-10)22-13-6-4-3-5-12(13)17;1-2/h3-9H,1-2H3;1-2H3. The van der Waals surface area contributed by atoms with Crippen molar-refractivity contribution in [3.63, 3.8) is 0 Å². The van der Waals surface area contributed by atoms with Crippen molar-refractivity contribution in [1.29, 1.82) is 0 Å². The highest BCUT2D eigenvalue weighted by molar-refractivity contribution is 9.10. The first-order valence-electron chi connectivity index (χ1n) is 7.30. The molecule has 0 heterocycles. The Hall–Kier alpha value is -2.34. The minimum Gasteiger partial charge on any atom is -0.465 e. The number of para-hydroxylation sites is 1. The maximum Gasteiger partial charge on any atom is 0.341 e. The Balaban J connectivity index is 0.00000139. The molecule has 128 valence electrons. The number of ether oxygens (including phenoxy) is 3. The average Bonchev–Trinajstić information content (AvgIpc) is 2.64. The van der Waals surface area contributed by atoms with Gasteiger partial charge in [0.05, 0.1) is 24.3 Å². The fourth-order valence-corrected chi connectivity index (χ4v) is 2.14.